The Balaban J connectivity index is 1.40. The Bertz CT molecular complexity index is 713. The number of nitrogens with two attached hydrogens (primary N) is 1. The average Bonchev–Trinajstić information content (AvgIpc) is 3.11. The van der Waals surface area contributed by atoms with Crippen molar-refractivity contribution >= 4 is 5.82 Å². The van der Waals surface area contributed by atoms with Crippen LogP contribution in [0.1, 0.15) is 35.8 Å². The molecule has 3 N–H and O–H groups in total. The lowest BCUT2D eigenvalue weighted by Gasteiger charge is -2.33. The Morgan fingerprint density at radius 1 is 1.19 bits per heavy atom. The van der Waals surface area contributed by atoms with E-state index >= 15 is 0 Å². The van der Waals surface area contributed by atoms with E-state index in [1.807, 2.05) is 6.20 Å². The number of likely N-dealkylation sites (tertiary alicyclic amines) is 1. The molecule has 2 aromatic rings. The molecule has 2 aromatic heterocycles. The zero-order chi connectivity index (χ0) is 17.8. The number of nitrogen functional groups attached to an aromatic ring is 1. The number of aromatic nitrogens is 4. The largest absolute Gasteiger partial charge is 0.384 e. The standard InChI is InChI=1S/C18H27N7O/c19-16-3-4-20-17(22-16)13-25-5-1-2-14(11-25)18-15(10-21-23-18)12-24-6-8-26-9-7-24/h3-4,10,14H,1-2,5-9,11-13H2,(H,21,23)(H2,19,20,22)/t14-/m1/s1. The summed E-state index contributed by atoms with van der Waals surface area (Å²) in [5.74, 6) is 1.80. The summed E-state index contributed by atoms with van der Waals surface area (Å²) in [5, 5.41) is 7.61. The van der Waals surface area contributed by atoms with Gasteiger partial charge in [-0.05, 0) is 25.5 Å². The molecule has 2 saturated heterocycles. The van der Waals surface area contributed by atoms with Crippen LogP contribution in [0.4, 0.5) is 5.82 Å². The highest BCUT2D eigenvalue weighted by Crippen LogP contribution is 2.29. The number of ether oxygens (including phenoxy) is 1. The number of anilines is 1. The van der Waals surface area contributed by atoms with Crippen molar-refractivity contribution in [2.45, 2.75) is 31.8 Å². The zero-order valence-electron chi connectivity index (χ0n) is 15.1. The summed E-state index contributed by atoms with van der Waals surface area (Å²) in [4.78, 5) is 13.5. The summed E-state index contributed by atoms with van der Waals surface area (Å²) in [5.41, 5.74) is 8.39. The molecule has 2 fully saturated rings. The fourth-order valence-corrected chi connectivity index (χ4v) is 3.93. The molecule has 0 spiro atoms. The van der Waals surface area contributed by atoms with Gasteiger partial charge in [0.15, 0.2) is 0 Å². The summed E-state index contributed by atoms with van der Waals surface area (Å²) in [6.45, 7) is 7.40. The van der Waals surface area contributed by atoms with Crippen molar-refractivity contribution in [3.05, 3.63) is 35.5 Å². The Morgan fingerprint density at radius 2 is 2.08 bits per heavy atom. The number of aromatic amines is 1. The summed E-state index contributed by atoms with van der Waals surface area (Å²) in [6, 6.07) is 1.73. The van der Waals surface area contributed by atoms with Crippen molar-refractivity contribution in [1.82, 2.24) is 30.0 Å². The van der Waals surface area contributed by atoms with Crippen LogP contribution in [-0.4, -0.2) is 69.4 Å². The van der Waals surface area contributed by atoms with Crippen molar-refractivity contribution in [2.24, 2.45) is 0 Å². The van der Waals surface area contributed by atoms with Crippen LogP contribution in [0.25, 0.3) is 0 Å². The summed E-state index contributed by atoms with van der Waals surface area (Å²) < 4.78 is 5.45. The number of nitrogens with one attached hydrogen (secondary N) is 1. The predicted molar refractivity (Wildman–Crippen MR) is 98.4 cm³/mol. The molecule has 2 aliphatic rings. The topological polar surface area (TPSA) is 96.2 Å². The quantitative estimate of drug-likeness (QED) is 0.824. The molecule has 4 heterocycles. The van der Waals surface area contributed by atoms with E-state index in [2.05, 4.69) is 30.0 Å². The van der Waals surface area contributed by atoms with E-state index in [9.17, 15) is 0 Å². The van der Waals surface area contributed by atoms with E-state index in [0.717, 1.165) is 58.3 Å². The molecule has 0 aromatic carbocycles. The first-order valence-electron chi connectivity index (χ1n) is 9.40. The molecule has 1 atom stereocenters. The van der Waals surface area contributed by atoms with E-state index in [1.54, 1.807) is 12.3 Å². The van der Waals surface area contributed by atoms with Crippen LogP contribution in [-0.2, 0) is 17.8 Å². The molecule has 0 bridgehead atoms. The molecule has 0 saturated carbocycles. The lowest BCUT2D eigenvalue weighted by molar-refractivity contribution is 0.0339. The Kier molecular flexibility index (Phi) is 5.42. The van der Waals surface area contributed by atoms with Gasteiger partial charge in [0.25, 0.3) is 0 Å². The fraction of sp³-hybridized carbons (Fsp3) is 0.611. The molecule has 2 aliphatic heterocycles. The van der Waals surface area contributed by atoms with Gasteiger partial charge in [-0.1, -0.05) is 0 Å². The Hall–Kier alpha value is -2.03. The summed E-state index contributed by atoms with van der Waals surface area (Å²) in [6.07, 6.45) is 6.08. The van der Waals surface area contributed by atoms with Gasteiger partial charge >= 0.3 is 0 Å². The van der Waals surface area contributed by atoms with Gasteiger partial charge in [-0.3, -0.25) is 14.9 Å². The highest BCUT2D eigenvalue weighted by Gasteiger charge is 2.26. The molecule has 140 valence electrons. The van der Waals surface area contributed by atoms with Crippen LogP contribution in [0.5, 0.6) is 0 Å². The minimum Gasteiger partial charge on any atom is -0.384 e. The highest BCUT2D eigenvalue weighted by atomic mass is 16.5. The summed E-state index contributed by atoms with van der Waals surface area (Å²) in [7, 11) is 0. The van der Waals surface area contributed by atoms with E-state index in [0.29, 0.717) is 11.7 Å². The van der Waals surface area contributed by atoms with Crippen molar-refractivity contribution in [3.63, 3.8) is 0 Å². The summed E-state index contributed by atoms with van der Waals surface area (Å²) >= 11 is 0. The number of hydrogen-bond acceptors (Lipinski definition) is 7. The molecule has 0 aliphatic carbocycles. The van der Waals surface area contributed by atoms with Crippen LogP contribution >= 0.6 is 0 Å². The first-order chi connectivity index (χ1) is 12.8. The maximum atomic E-state index is 5.78. The zero-order valence-corrected chi connectivity index (χ0v) is 15.1. The molecule has 26 heavy (non-hydrogen) atoms. The average molecular weight is 357 g/mol. The third-order valence-corrected chi connectivity index (χ3v) is 5.25. The Morgan fingerprint density at radius 3 is 2.92 bits per heavy atom. The molecular formula is C18H27N7O. The highest BCUT2D eigenvalue weighted by molar-refractivity contribution is 5.25. The van der Waals surface area contributed by atoms with Crippen LogP contribution in [0, 0.1) is 0 Å². The minimum absolute atomic E-state index is 0.475. The predicted octanol–water partition coefficient (Wildman–Crippen LogP) is 0.994. The lowest BCUT2D eigenvalue weighted by Crippen LogP contribution is -2.37. The van der Waals surface area contributed by atoms with Gasteiger partial charge < -0.3 is 10.5 Å². The van der Waals surface area contributed by atoms with Crippen LogP contribution in [0.2, 0.25) is 0 Å². The smallest absolute Gasteiger partial charge is 0.144 e. The number of nitrogens with zero attached hydrogens (tertiary/aromatic N) is 5. The second-order valence-electron chi connectivity index (χ2n) is 7.17. The number of hydrogen-bond donors (Lipinski definition) is 2. The molecule has 0 amide bonds. The fourth-order valence-electron chi connectivity index (χ4n) is 3.93. The normalized spacial score (nSPS) is 22.5. The van der Waals surface area contributed by atoms with Gasteiger partial charge in [-0.25, -0.2) is 9.97 Å². The van der Waals surface area contributed by atoms with Gasteiger partial charge in [0, 0.05) is 49.6 Å². The van der Waals surface area contributed by atoms with Gasteiger partial charge in [0.05, 0.1) is 26.0 Å². The van der Waals surface area contributed by atoms with E-state index in [-0.39, 0.29) is 0 Å². The van der Waals surface area contributed by atoms with E-state index in [1.165, 1.54) is 24.1 Å². The number of rotatable bonds is 5. The Labute approximate surface area is 153 Å². The van der Waals surface area contributed by atoms with Crippen molar-refractivity contribution in [1.29, 1.82) is 0 Å². The van der Waals surface area contributed by atoms with Crippen LogP contribution < -0.4 is 5.73 Å². The number of piperidine rings is 1. The minimum atomic E-state index is 0.475. The molecule has 8 heteroatoms. The first-order valence-corrected chi connectivity index (χ1v) is 9.40. The third kappa shape index (κ3) is 4.20. The van der Waals surface area contributed by atoms with Gasteiger partial charge in [-0.15, -0.1) is 0 Å². The second kappa shape index (κ2) is 8.11. The monoisotopic (exact) mass is 357 g/mol. The van der Waals surface area contributed by atoms with Crippen molar-refractivity contribution in [2.75, 3.05) is 45.1 Å². The maximum Gasteiger partial charge on any atom is 0.144 e. The van der Waals surface area contributed by atoms with Gasteiger partial charge in [0.2, 0.25) is 0 Å². The molecule has 0 radical (unpaired) electrons. The lowest BCUT2D eigenvalue weighted by atomic mass is 9.92. The molecular weight excluding hydrogens is 330 g/mol. The second-order valence-corrected chi connectivity index (χ2v) is 7.17. The van der Waals surface area contributed by atoms with Gasteiger partial charge in [-0.2, -0.15) is 5.10 Å². The molecule has 0 unspecified atom stereocenters. The van der Waals surface area contributed by atoms with E-state index in [4.69, 9.17) is 10.5 Å². The number of H-pyrrole nitrogens is 1. The van der Waals surface area contributed by atoms with Crippen LogP contribution in [0.15, 0.2) is 18.5 Å². The first kappa shape index (κ1) is 17.4. The van der Waals surface area contributed by atoms with Crippen molar-refractivity contribution in [3.8, 4) is 0 Å². The van der Waals surface area contributed by atoms with Crippen LogP contribution in [0.3, 0.4) is 0 Å². The van der Waals surface area contributed by atoms with E-state index < -0.39 is 0 Å². The third-order valence-electron chi connectivity index (χ3n) is 5.25. The SMILES string of the molecule is Nc1ccnc(CN2CCC[C@@H](c3[nH]ncc3CN3CCOCC3)C2)n1. The van der Waals surface area contributed by atoms with Gasteiger partial charge in [0.1, 0.15) is 11.6 Å². The maximum absolute atomic E-state index is 5.78. The molecule has 8 nitrogen and oxygen atoms in total. The number of morpholine rings is 1. The van der Waals surface area contributed by atoms with Crippen molar-refractivity contribution < 1.29 is 4.74 Å². The molecule has 4 rings (SSSR count).